The summed E-state index contributed by atoms with van der Waals surface area (Å²) in [5.41, 5.74) is 1.10. The van der Waals surface area contributed by atoms with Gasteiger partial charge in [-0.05, 0) is 72.7 Å². The number of fused-ring (bicyclic) bond motifs is 2. The number of unbranched alkanes of at least 4 members (excludes halogenated alkanes) is 3. The third-order valence-corrected chi connectivity index (χ3v) is 5.87. The Morgan fingerprint density at radius 3 is 2.04 bits per heavy atom. The number of hydrogen-bond acceptors (Lipinski definition) is 2. The second-order valence-corrected chi connectivity index (χ2v) is 8.33. The molecule has 0 saturated carbocycles. The van der Waals surface area contributed by atoms with Crippen LogP contribution in [-0.4, -0.2) is 12.6 Å². The number of carbonyl (C=O) groups excluding carboxylic acids is 1. The van der Waals surface area contributed by atoms with E-state index in [1.807, 2.05) is 20.8 Å². The second kappa shape index (κ2) is 9.23. The van der Waals surface area contributed by atoms with Gasteiger partial charge in [0.1, 0.15) is 0 Å². The lowest BCUT2D eigenvalue weighted by Crippen LogP contribution is -2.26. The van der Waals surface area contributed by atoms with Gasteiger partial charge in [0.2, 0.25) is 0 Å². The number of esters is 1. The summed E-state index contributed by atoms with van der Waals surface area (Å²) < 4.78 is 5.44. The summed E-state index contributed by atoms with van der Waals surface area (Å²) in [6.07, 6.45) is 6.26. The van der Waals surface area contributed by atoms with Crippen LogP contribution in [-0.2, 0) is 16.0 Å². The first-order valence-electron chi connectivity index (χ1n) is 10.6. The van der Waals surface area contributed by atoms with Crippen LogP contribution in [0.2, 0.25) is 0 Å². The van der Waals surface area contributed by atoms with Gasteiger partial charge in [0, 0.05) is 0 Å². The van der Waals surface area contributed by atoms with E-state index in [4.69, 9.17) is 4.74 Å². The molecule has 0 aromatic heterocycles. The minimum absolute atomic E-state index is 0.0720. The molecule has 0 unspecified atom stereocenters. The fourth-order valence-corrected chi connectivity index (χ4v) is 3.64. The number of ether oxygens (including phenoxy) is 1. The Morgan fingerprint density at radius 2 is 1.43 bits per heavy atom. The van der Waals surface area contributed by atoms with E-state index in [-0.39, 0.29) is 11.4 Å². The van der Waals surface area contributed by atoms with E-state index in [2.05, 4.69) is 54.6 Å². The van der Waals surface area contributed by atoms with Crippen molar-refractivity contribution in [2.45, 2.75) is 59.3 Å². The van der Waals surface area contributed by atoms with Crippen molar-refractivity contribution in [1.82, 2.24) is 0 Å². The van der Waals surface area contributed by atoms with Crippen molar-refractivity contribution in [1.29, 1.82) is 0 Å². The maximum absolute atomic E-state index is 12.0. The van der Waals surface area contributed by atoms with Crippen LogP contribution in [0.25, 0.3) is 21.5 Å². The zero-order valence-corrected chi connectivity index (χ0v) is 17.5. The monoisotopic (exact) mass is 376 g/mol. The molecule has 0 saturated heterocycles. The summed E-state index contributed by atoms with van der Waals surface area (Å²) in [4.78, 5) is 12.0. The Labute approximate surface area is 168 Å². The Morgan fingerprint density at radius 1 is 0.857 bits per heavy atom. The van der Waals surface area contributed by atoms with Gasteiger partial charge >= 0.3 is 5.97 Å². The van der Waals surface area contributed by atoms with Gasteiger partial charge in [-0.1, -0.05) is 68.3 Å². The molecule has 0 fully saturated rings. The fourth-order valence-electron chi connectivity index (χ4n) is 3.64. The molecule has 2 nitrogen and oxygen atoms in total. The zero-order chi connectivity index (χ0) is 20.0. The summed E-state index contributed by atoms with van der Waals surface area (Å²) in [6, 6.07) is 19.7. The molecule has 0 atom stereocenters. The van der Waals surface area contributed by atoms with Crippen LogP contribution in [0.1, 0.15) is 58.4 Å². The number of rotatable bonds is 9. The molecular weight excluding hydrogens is 344 g/mol. The first-order valence-corrected chi connectivity index (χ1v) is 10.6. The molecule has 0 aliphatic rings. The van der Waals surface area contributed by atoms with Crippen LogP contribution in [0, 0.1) is 5.41 Å². The molecule has 3 rings (SSSR count). The van der Waals surface area contributed by atoms with Gasteiger partial charge in [-0.25, -0.2) is 0 Å². The van der Waals surface area contributed by atoms with Crippen molar-refractivity contribution < 1.29 is 9.53 Å². The average molecular weight is 377 g/mol. The molecule has 148 valence electrons. The van der Waals surface area contributed by atoms with E-state index in [0.717, 1.165) is 38.5 Å². The van der Waals surface area contributed by atoms with Crippen molar-refractivity contribution in [3.05, 3.63) is 60.2 Å². The van der Waals surface area contributed by atoms with Gasteiger partial charge in [-0.3, -0.25) is 4.79 Å². The molecule has 0 N–H and O–H groups in total. The molecular formula is C26H32O2. The van der Waals surface area contributed by atoms with Crippen molar-refractivity contribution >= 4 is 27.5 Å². The molecule has 0 bridgehead atoms. The number of benzene rings is 3. The van der Waals surface area contributed by atoms with Gasteiger partial charge in [0.15, 0.2) is 0 Å². The van der Waals surface area contributed by atoms with Crippen LogP contribution in [0.5, 0.6) is 0 Å². The number of aryl methyl sites for hydroxylation is 1. The maximum atomic E-state index is 12.0. The van der Waals surface area contributed by atoms with Gasteiger partial charge in [-0.2, -0.15) is 0 Å². The minimum atomic E-state index is -0.366. The molecule has 0 aliphatic heterocycles. The van der Waals surface area contributed by atoms with Gasteiger partial charge in [-0.15, -0.1) is 0 Å². The summed E-state index contributed by atoms with van der Waals surface area (Å²) >= 11 is 0. The van der Waals surface area contributed by atoms with E-state index in [9.17, 15) is 4.79 Å². The van der Waals surface area contributed by atoms with Crippen LogP contribution < -0.4 is 0 Å². The SMILES string of the molecule is CCC(C)(C)C(=O)OCCCCCCc1c2ccccc2cc2ccccc12. The molecule has 0 spiro atoms. The van der Waals surface area contributed by atoms with Crippen LogP contribution in [0.3, 0.4) is 0 Å². The Bertz CT molecular complexity index is 885. The van der Waals surface area contributed by atoms with Gasteiger partial charge in [0.25, 0.3) is 0 Å². The molecule has 0 amide bonds. The molecule has 2 heteroatoms. The van der Waals surface area contributed by atoms with Crippen molar-refractivity contribution in [3.8, 4) is 0 Å². The highest BCUT2D eigenvalue weighted by molar-refractivity contribution is 6.02. The minimum Gasteiger partial charge on any atom is -0.465 e. The molecule has 0 heterocycles. The molecule has 3 aromatic rings. The van der Waals surface area contributed by atoms with E-state index in [0.29, 0.717) is 6.61 Å². The summed E-state index contributed by atoms with van der Waals surface area (Å²) in [5, 5.41) is 5.39. The topological polar surface area (TPSA) is 26.3 Å². The van der Waals surface area contributed by atoms with Gasteiger partial charge in [0.05, 0.1) is 12.0 Å². The second-order valence-electron chi connectivity index (χ2n) is 8.33. The highest BCUT2D eigenvalue weighted by Gasteiger charge is 2.26. The Balaban J connectivity index is 1.54. The van der Waals surface area contributed by atoms with E-state index in [1.54, 1.807) is 0 Å². The molecule has 0 aliphatic carbocycles. The van der Waals surface area contributed by atoms with Crippen molar-refractivity contribution in [2.24, 2.45) is 5.41 Å². The normalized spacial score (nSPS) is 11.8. The van der Waals surface area contributed by atoms with Crippen LogP contribution >= 0.6 is 0 Å². The first kappa shape index (κ1) is 20.4. The standard InChI is InChI=1S/C26H32O2/c1-4-26(2,3)25(27)28-18-12-6-5-7-17-24-22-15-10-8-13-20(22)19-21-14-9-11-16-23(21)24/h8-11,13-16,19H,4-7,12,17-18H2,1-3H3. The molecule has 28 heavy (non-hydrogen) atoms. The van der Waals surface area contributed by atoms with E-state index in [1.165, 1.54) is 27.1 Å². The predicted molar refractivity (Wildman–Crippen MR) is 119 cm³/mol. The average Bonchev–Trinajstić information content (AvgIpc) is 2.72. The van der Waals surface area contributed by atoms with Crippen LogP contribution in [0.15, 0.2) is 54.6 Å². The molecule has 3 aromatic carbocycles. The largest absolute Gasteiger partial charge is 0.465 e. The zero-order valence-electron chi connectivity index (χ0n) is 17.5. The lowest BCUT2D eigenvalue weighted by Gasteiger charge is -2.20. The quantitative estimate of drug-likeness (QED) is 0.227. The summed E-state index contributed by atoms with van der Waals surface area (Å²) in [7, 11) is 0. The number of hydrogen-bond donors (Lipinski definition) is 0. The number of carbonyl (C=O) groups is 1. The predicted octanol–water partition coefficient (Wildman–Crippen LogP) is 7.08. The Kier molecular flexibility index (Phi) is 6.72. The van der Waals surface area contributed by atoms with Gasteiger partial charge < -0.3 is 4.74 Å². The maximum Gasteiger partial charge on any atom is 0.311 e. The van der Waals surface area contributed by atoms with Crippen molar-refractivity contribution in [2.75, 3.05) is 6.61 Å². The summed E-state index contributed by atoms with van der Waals surface area (Å²) in [5.74, 6) is -0.0720. The molecule has 0 radical (unpaired) electrons. The van der Waals surface area contributed by atoms with E-state index < -0.39 is 0 Å². The Hall–Kier alpha value is -2.35. The van der Waals surface area contributed by atoms with Crippen molar-refractivity contribution in [3.63, 3.8) is 0 Å². The fraction of sp³-hybridized carbons (Fsp3) is 0.423. The third kappa shape index (κ3) is 4.73. The lowest BCUT2D eigenvalue weighted by atomic mass is 9.91. The lowest BCUT2D eigenvalue weighted by molar-refractivity contribution is -0.154. The third-order valence-electron chi connectivity index (χ3n) is 5.87. The summed E-state index contributed by atoms with van der Waals surface area (Å²) in [6.45, 7) is 6.46. The van der Waals surface area contributed by atoms with E-state index >= 15 is 0 Å². The highest BCUT2D eigenvalue weighted by Crippen LogP contribution is 2.30. The first-order chi connectivity index (χ1) is 13.5. The highest BCUT2D eigenvalue weighted by atomic mass is 16.5. The van der Waals surface area contributed by atoms with Crippen LogP contribution in [0.4, 0.5) is 0 Å². The smallest absolute Gasteiger partial charge is 0.311 e.